The van der Waals surface area contributed by atoms with Crippen LogP contribution in [0.3, 0.4) is 0 Å². The van der Waals surface area contributed by atoms with Crippen molar-refractivity contribution in [1.82, 2.24) is 10.2 Å². The third-order valence-electron chi connectivity index (χ3n) is 5.97. The minimum absolute atomic E-state index is 0.00551. The number of hydrogen-bond acceptors (Lipinski definition) is 3. The van der Waals surface area contributed by atoms with Crippen molar-refractivity contribution in [2.45, 2.75) is 62.6 Å². The number of ether oxygens (including phenoxy) is 1. The van der Waals surface area contributed by atoms with Crippen LogP contribution in [0, 0.1) is 5.92 Å². The highest BCUT2D eigenvalue weighted by Crippen LogP contribution is 2.40. The average molecular weight is 296 g/mol. The molecule has 2 amide bonds. The molecule has 3 fully saturated rings. The molecule has 1 saturated heterocycles. The number of aliphatic hydroxyl groups is 1. The van der Waals surface area contributed by atoms with Gasteiger partial charge in [0.25, 0.3) is 0 Å². The maximum absolute atomic E-state index is 12.4. The predicted molar refractivity (Wildman–Crippen MR) is 80.1 cm³/mol. The molecule has 3 rings (SSSR count). The number of nitrogens with one attached hydrogen (secondary N) is 1. The van der Waals surface area contributed by atoms with Crippen molar-refractivity contribution >= 4 is 6.03 Å². The summed E-state index contributed by atoms with van der Waals surface area (Å²) in [6, 6.07) is 0.00551. The second kappa shape index (κ2) is 5.76. The smallest absolute Gasteiger partial charge is 0.317 e. The Balaban J connectivity index is 1.52. The molecule has 2 unspecified atom stereocenters. The SMILES string of the molecule is COC1(CNC(=O)N2CCC3(O)CCCCC3C2)CCC1. The molecule has 0 aromatic heterocycles. The molecular weight excluding hydrogens is 268 g/mol. The largest absolute Gasteiger partial charge is 0.389 e. The Hall–Kier alpha value is -0.810. The summed E-state index contributed by atoms with van der Waals surface area (Å²) in [6.45, 7) is 1.97. The van der Waals surface area contributed by atoms with Crippen molar-refractivity contribution in [1.29, 1.82) is 0 Å². The minimum atomic E-state index is -0.517. The number of rotatable bonds is 3. The average Bonchev–Trinajstić information content (AvgIpc) is 2.45. The summed E-state index contributed by atoms with van der Waals surface area (Å²) in [4.78, 5) is 14.2. The number of methoxy groups -OCH3 is 1. The number of carbonyl (C=O) groups is 1. The van der Waals surface area contributed by atoms with Gasteiger partial charge in [-0.25, -0.2) is 4.79 Å². The zero-order valence-corrected chi connectivity index (χ0v) is 13.1. The van der Waals surface area contributed by atoms with Gasteiger partial charge in [0.05, 0.1) is 11.2 Å². The van der Waals surface area contributed by atoms with Crippen LogP contribution in [0.25, 0.3) is 0 Å². The van der Waals surface area contributed by atoms with Crippen LogP contribution in [-0.2, 0) is 4.74 Å². The molecule has 0 aromatic rings. The third-order valence-corrected chi connectivity index (χ3v) is 5.97. The van der Waals surface area contributed by atoms with E-state index in [1.165, 1.54) is 12.8 Å². The van der Waals surface area contributed by atoms with E-state index < -0.39 is 5.60 Å². The maximum Gasteiger partial charge on any atom is 0.317 e. The van der Waals surface area contributed by atoms with Gasteiger partial charge in [-0.1, -0.05) is 12.8 Å². The molecule has 0 spiro atoms. The summed E-state index contributed by atoms with van der Waals surface area (Å²) in [7, 11) is 1.73. The monoisotopic (exact) mass is 296 g/mol. The van der Waals surface area contributed by atoms with Crippen LogP contribution < -0.4 is 5.32 Å². The van der Waals surface area contributed by atoms with E-state index in [2.05, 4.69) is 5.32 Å². The number of fused-ring (bicyclic) bond motifs is 1. The van der Waals surface area contributed by atoms with E-state index in [-0.39, 0.29) is 17.6 Å². The minimum Gasteiger partial charge on any atom is -0.389 e. The van der Waals surface area contributed by atoms with Gasteiger partial charge in [0.15, 0.2) is 0 Å². The first-order chi connectivity index (χ1) is 10.1. The number of urea groups is 1. The van der Waals surface area contributed by atoms with Gasteiger partial charge in [0.1, 0.15) is 0 Å². The fourth-order valence-corrected chi connectivity index (χ4v) is 4.13. The summed E-state index contributed by atoms with van der Waals surface area (Å²) < 4.78 is 5.54. The Kier molecular flexibility index (Phi) is 4.14. The number of nitrogens with zero attached hydrogens (tertiary/aromatic N) is 1. The third kappa shape index (κ3) is 2.90. The van der Waals surface area contributed by atoms with Gasteiger partial charge in [-0.3, -0.25) is 0 Å². The standard InChI is InChI=1S/C16H28N2O3/c1-21-15(6-4-7-15)12-17-14(19)18-10-9-16(20)8-3-2-5-13(16)11-18/h13,20H,2-12H2,1H3,(H,17,19). The van der Waals surface area contributed by atoms with Gasteiger partial charge in [-0.05, 0) is 38.5 Å². The van der Waals surface area contributed by atoms with Crippen LogP contribution in [0.5, 0.6) is 0 Å². The highest BCUT2D eigenvalue weighted by molar-refractivity contribution is 5.74. The van der Waals surface area contributed by atoms with Gasteiger partial charge in [0.2, 0.25) is 0 Å². The first-order valence-corrected chi connectivity index (χ1v) is 8.37. The Morgan fingerprint density at radius 1 is 1.29 bits per heavy atom. The molecule has 5 nitrogen and oxygen atoms in total. The van der Waals surface area contributed by atoms with E-state index in [0.29, 0.717) is 19.6 Å². The number of hydrogen-bond donors (Lipinski definition) is 2. The highest BCUT2D eigenvalue weighted by Gasteiger charge is 2.44. The van der Waals surface area contributed by atoms with Gasteiger partial charge in [0, 0.05) is 32.7 Å². The molecule has 0 radical (unpaired) electrons. The molecule has 2 saturated carbocycles. The molecule has 1 aliphatic heterocycles. The van der Waals surface area contributed by atoms with Crippen molar-refractivity contribution in [3.63, 3.8) is 0 Å². The molecule has 2 aliphatic carbocycles. The van der Waals surface area contributed by atoms with E-state index in [4.69, 9.17) is 4.74 Å². The summed E-state index contributed by atoms with van der Waals surface area (Å²) in [5, 5.41) is 13.7. The lowest BCUT2D eigenvalue weighted by molar-refractivity contribution is -0.0888. The Morgan fingerprint density at radius 3 is 2.76 bits per heavy atom. The van der Waals surface area contributed by atoms with Gasteiger partial charge in [-0.2, -0.15) is 0 Å². The molecule has 1 heterocycles. The van der Waals surface area contributed by atoms with Gasteiger partial charge < -0.3 is 20.1 Å². The van der Waals surface area contributed by atoms with Crippen LogP contribution in [0.4, 0.5) is 4.79 Å². The van der Waals surface area contributed by atoms with Crippen LogP contribution in [0.2, 0.25) is 0 Å². The van der Waals surface area contributed by atoms with E-state index in [9.17, 15) is 9.90 Å². The van der Waals surface area contributed by atoms with E-state index >= 15 is 0 Å². The van der Waals surface area contributed by atoms with E-state index in [1.807, 2.05) is 4.90 Å². The summed E-state index contributed by atoms with van der Waals surface area (Å²) in [5.41, 5.74) is -0.645. The molecular formula is C16H28N2O3. The molecule has 2 atom stereocenters. The zero-order chi connectivity index (χ0) is 14.9. The molecule has 0 aromatic carbocycles. The fourth-order valence-electron chi connectivity index (χ4n) is 4.13. The number of amides is 2. The molecule has 3 aliphatic rings. The van der Waals surface area contributed by atoms with Crippen LogP contribution in [0.15, 0.2) is 0 Å². The molecule has 2 N–H and O–H groups in total. The lowest BCUT2D eigenvalue weighted by Gasteiger charge is -2.47. The van der Waals surface area contributed by atoms with Crippen molar-refractivity contribution in [3.05, 3.63) is 0 Å². The number of piperidine rings is 1. The highest BCUT2D eigenvalue weighted by atomic mass is 16.5. The second-order valence-corrected chi connectivity index (χ2v) is 7.14. The maximum atomic E-state index is 12.4. The van der Waals surface area contributed by atoms with E-state index in [0.717, 1.165) is 38.5 Å². The number of likely N-dealkylation sites (tertiary alicyclic amines) is 1. The van der Waals surface area contributed by atoms with Crippen LogP contribution >= 0.6 is 0 Å². The lowest BCUT2D eigenvalue weighted by atomic mass is 9.71. The second-order valence-electron chi connectivity index (χ2n) is 7.14. The first kappa shape index (κ1) is 15.1. The van der Waals surface area contributed by atoms with Crippen LogP contribution in [-0.4, -0.2) is 54.0 Å². The molecule has 120 valence electrons. The Bertz CT molecular complexity index is 391. The van der Waals surface area contributed by atoms with Crippen molar-refractivity contribution in [2.75, 3.05) is 26.7 Å². The van der Waals surface area contributed by atoms with Crippen molar-refractivity contribution in [3.8, 4) is 0 Å². The van der Waals surface area contributed by atoms with Crippen molar-refractivity contribution in [2.24, 2.45) is 5.92 Å². The topological polar surface area (TPSA) is 61.8 Å². The van der Waals surface area contributed by atoms with Crippen molar-refractivity contribution < 1.29 is 14.6 Å². The Labute approximate surface area is 127 Å². The fraction of sp³-hybridized carbons (Fsp3) is 0.938. The summed E-state index contributed by atoms with van der Waals surface area (Å²) in [5.74, 6) is 0.255. The summed E-state index contributed by atoms with van der Waals surface area (Å²) in [6.07, 6.45) is 8.22. The molecule has 0 bridgehead atoms. The normalized spacial score (nSPS) is 34.8. The molecule has 21 heavy (non-hydrogen) atoms. The quantitative estimate of drug-likeness (QED) is 0.836. The first-order valence-electron chi connectivity index (χ1n) is 8.37. The van der Waals surface area contributed by atoms with E-state index in [1.54, 1.807) is 7.11 Å². The zero-order valence-electron chi connectivity index (χ0n) is 13.1. The molecule has 5 heteroatoms. The Morgan fingerprint density at radius 2 is 2.10 bits per heavy atom. The predicted octanol–water partition coefficient (Wildman–Crippen LogP) is 1.89. The number of carbonyl (C=O) groups excluding carboxylic acids is 1. The van der Waals surface area contributed by atoms with Crippen LogP contribution in [0.1, 0.15) is 51.4 Å². The van der Waals surface area contributed by atoms with Gasteiger partial charge >= 0.3 is 6.03 Å². The lowest BCUT2D eigenvalue weighted by Crippen LogP contribution is -2.58. The van der Waals surface area contributed by atoms with Gasteiger partial charge in [-0.15, -0.1) is 0 Å². The summed E-state index contributed by atoms with van der Waals surface area (Å²) >= 11 is 0.